The van der Waals surface area contributed by atoms with Gasteiger partial charge >= 0.3 is 5.69 Å². The summed E-state index contributed by atoms with van der Waals surface area (Å²) in [5.41, 5.74) is 6.40. The van der Waals surface area contributed by atoms with Crippen molar-refractivity contribution in [3.05, 3.63) is 50.7 Å². The highest BCUT2D eigenvalue weighted by Crippen LogP contribution is 2.37. The summed E-state index contributed by atoms with van der Waals surface area (Å²) in [6.07, 6.45) is 0. The van der Waals surface area contributed by atoms with E-state index in [9.17, 15) is 10.1 Å². The van der Waals surface area contributed by atoms with Gasteiger partial charge in [0.25, 0.3) is 0 Å². The number of nitro benzene ring substituents is 1. The van der Waals surface area contributed by atoms with Crippen LogP contribution in [0.15, 0.2) is 35.7 Å². The number of anilines is 2. The molecular weight excluding hydrogens is 262 g/mol. The van der Waals surface area contributed by atoms with Crippen LogP contribution in [-0.2, 0) is 0 Å². The van der Waals surface area contributed by atoms with Gasteiger partial charge in [-0.3, -0.25) is 10.1 Å². The molecule has 0 saturated heterocycles. The number of para-hydroxylation sites is 1. The molecule has 1 unspecified atom stereocenters. The van der Waals surface area contributed by atoms with E-state index >= 15 is 0 Å². The van der Waals surface area contributed by atoms with E-state index in [0.29, 0.717) is 5.69 Å². The molecule has 0 aliphatic heterocycles. The minimum atomic E-state index is -0.428. The second kappa shape index (κ2) is 5.27. The topological polar surface area (TPSA) is 72.4 Å². The molecule has 2 N–H and O–H groups in total. The SMILES string of the molecule is CC(c1cccs1)N(C)c1cccc(N)c1[N+](=O)[O-]. The first-order valence-electron chi connectivity index (χ1n) is 5.81. The van der Waals surface area contributed by atoms with Gasteiger partial charge in [0, 0.05) is 11.9 Å². The number of nitrogen functional groups attached to an aromatic ring is 1. The van der Waals surface area contributed by atoms with Crippen LogP contribution in [0.2, 0.25) is 0 Å². The molecular formula is C13H15N3O2S. The molecule has 2 rings (SSSR count). The van der Waals surface area contributed by atoms with Gasteiger partial charge in [-0.25, -0.2) is 0 Å². The summed E-state index contributed by atoms with van der Waals surface area (Å²) in [4.78, 5) is 13.8. The monoisotopic (exact) mass is 277 g/mol. The molecule has 1 aromatic heterocycles. The number of hydrogen-bond acceptors (Lipinski definition) is 5. The second-order valence-corrected chi connectivity index (χ2v) is 5.25. The van der Waals surface area contributed by atoms with Gasteiger partial charge in [-0.1, -0.05) is 12.1 Å². The number of hydrogen-bond donors (Lipinski definition) is 1. The predicted molar refractivity (Wildman–Crippen MR) is 78.6 cm³/mol. The van der Waals surface area contributed by atoms with Crippen LogP contribution in [0.1, 0.15) is 17.8 Å². The highest BCUT2D eigenvalue weighted by molar-refractivity contribution is 7.10. The van der Waals surface area contributed by atoms with Crippen molar-refractivity contribution in [2.24, 2.45) is 0 Å². The normalized spacial score (nSPS) is 12.1. The quantitative estimate of drug-likeness (QED) is 0.528. The van der Waals surface area contributed by atoms with Crippen molar-refractivity contribution in [1.29, 1.82) is 0 Å². The van der Waals surface area contributed by atoms with E-state index in [2.05, 4.69) is 0 Å². The maximum Gasteiger partial charge on any atom is 0.315 e. The van der Waals surface area contributed by atoms with E-state index in [1.54, 1.807) is 29.5 Å². The third-order valence-electron chi connectivity index (χ3n) is 3.14. The van der Waals surface area contributed by atoms with Crippen molar-refractivity contribution in [2.75, 3.05) is 17.7 Å². The summed E-state index contributed by atoms with van der Waals surface area (Å²) in [5.74, 6) is 0. The summed E-state index contributed by atoms with van der Waals surface area (Å²) in [6, 6.07) is 9.04. The Bertz CT molecular complexity index is 584. The van der Waals surface area contributed by atoms with Crippen LogP contribution in [0, 0.1) is 10.1 Å². The second-order valence-electron chi connectivity index (χ2n) is 4.27. The molecule has 0 fully saturated rings. The molecule has 0 bridgehead atoms. The van der Waals surface area contributed by atoms with E-state index < -0.39 is 4.92 Å². The van der Waals surface area contributed by atoms with Gasteiger partial charge in [0.05, 0.1) is 11.0 Å². The summed E-state index contributed by atoms with van der Waals surface area (Å²) in [7, 11) is 1.84. The highest BCUT2D eigenvalue weighted by atomic mass is 32.1. The molecule has 1 atom stereocenters. The number of nitrogens with zero attached hydrogens (tertiary/aromatic N) is 2. The molecule has 0 aliphatic rings. The molecule has 0 aliphatic carbocycles. The van der Waals surface area contributed by atoms with Crippen molar-refractivity contribution in [1.82, 2.24) is 0 Å². The number of nitrogens with two attached hydrogens (primary N) is 1. The first-order chi connectivity index (χ1) is 9.02. The molecule has 0 amide bonds. The van der Waals surface area contributed by atoms with Crippen LogP contribution >= 0.6 is 11.3 Å². The van der Waals surface area contributed by atoms with E-state index in [1.165, 1.54) is 0 Å². The Morgan fingerprint density at radius 3 is 2.68 bits per heavy atom. The van der Waals surface area contributed by atoms with Crippen LogP contribution < -0.4 is 10.6 Å². The minimum Gasteiger partial charge on any atom is -0.393 e. The fraction of sp³-hybridized carbons (Fsp3) is 0.231. The van der Waals surface area contributed by atoms with Crippen molar-refractivity contribution in [2.45, 2.75) is 13.0 Å². The van der Waals surface area contributed by atoms with Crippen molar-refractivity contribution in [3.63, 3.8) is 0 Å². The summed E-state index contributed by atoms with van der Waals surface area (Å²) in [5, 5.41) is 13.2. The van der Waals surface area contributed by atoms with Crippen LogP contribution in [0.5, 0.6) is 0 Å². The third-order valence-corrected chi connectivity index (χ3v) is 4.19. The number of nitro groups is 1. The van der Waals surface area contributed by atoms with Crippen molar-refractivity contribution >= 4 is 28.4 Å². The average molecular weight is 277 g/mol. The summed E-state index contributed by atoms with van der Waals surface area (Å²) < 4.78 is 0. The first kappa shape index (κ1) is 13.4. The highest BCUT2D eigenvalue weighted by Gasteiger charge is 2.24. The number of thiophene rings is 1. The smallest absolute Gasteiger partial charge is 0.315 e. The van der Waals surface area contributed by atoms with Gasteiger partial charge in [0.2, 0.25) is 0 Å². The Balaban J connectivity index is 2.42. The van der Waals surface area contributed by atoms with E-state index in [4.69, 9.17) is 5.73 Å². The summed E-state index contributed by atoms with van der Waals surface area (Å²) in [6.45, 7) is 2.01. The standard InChI is InChI=1S/C13H15N3O2S/c1-9(12-7-4-8-19-12)15(2)11-6-3-5-10(14)13(11)16(17)18/h3-9H,14H2,1-2H3. The third kappa shape index (κ3) is 2.53. The minimum absolute atomic E-state index is 0.0339. The van der Waals surface area contributed by atoms with Crippen LogP contribution in [-0.4, -0.2) is 12.0 Å². The van der Waals surface area contributed by atoms with Gasteiger partial charge in [0.15, 0.2) is 0 Å². The fourth-order valence-electron chi connectivity index (χ4n) is 1.96. The number of rotatable bonds is 4. The van der Waals surface area contributed by atoms with Crippen LogP contribution in [0.4, 0.5) is 17.1 Å². The van der Waals surface area contributed by atoms with Gasteiger partial charge in [-0.15, -0.1) is 11.3 Å². The molecule has 19 heavy (non-hydrogen) atoms. The van der Waals surface area contributed by atoms with Gasteiger partial charge < -0.3 is 10.6 Å². The zero-order chi connectivity index (χ0) is 14.0. The number of benzene rings is 1. The van der Waals surface area contributed by atoms with Crippen LogP contribution in [0.25, 0.3) is 0 Å². The Morgan fingerprint density at radius 1 is 1.37 bits per heavy atom. The lowest BCUT2D eigenvalue weighted by Gasteiger charge is -2.26. The molecule has 0 spiro atoms. The Kier molecular flexibility index (Phi) is 3.71. The lowest BCUT2D eigenvalue weighted by atomic mass is 10.1. The molecule has 0 saturated carbocycles. The predicted octanol–water partition coefficient (Wildman–Crippen LogP) is 3.44. The first-order valence-corrected chi connectivity index (χ1v) is 6.69. The lowest BCUT2D eigenvalue weighted by Crippen LogP contribution is -2.22. The Labute approximate surface area is 115 Å². The van der Waals surface area contributed by atoms with Crippen LogP contribution in [0.3, 0.4) is 0 Å². The van der Waals surface area contributed by atoms with E-state index in [1.807, 2.05) is 36.4 Å². The van der Waals surface area contributed by atoms with Gasteiger partial charge in [-0.05, 0) is 30.5 Å². The lowest BCUT2D eigenvalue weighted by molar-refractivity contribution is -0.383. The molecule has 6 heteroatoms. The zero-order valence-corrected chi connectivity index (χ0v) is 11.6. The molecule has 5 nitrogen and oxygen atoms in total. The average Bonchev–Trinajstić information content (AvgIpc) is 2.90. The molecule has 1 aromatic carbocycles. The van der Waals surface area contributed by atoms with E-state index in [-0.39, 0.29) is 17.4 Å². The fourth-order valence-corrected chi connectivity index (χ4v) is 2.79. The molecule has 100 valence electrons. The van der Waals surface area contributed by atoms with Gasteiger partial charge in [0.1, 0.15) is 11.4 Å². The maximum atomic E-state index is 11.2. The Morgan fingerprint density at radius 2 is 2.11 bits per heavy atom. The van der Waals surface area contributed by atoms with Crippen molar-refractivity contribution in [3.8, 4) is 0 Å². The maximum absolute atomic E-state index is 11.2. The largest absolute Gasteiger partial charge is 0.393 e. The molecule has 0 radical (unpaired) electrons. The molecule has 2 aromatic rings. The zero-order valence-electron chi connectivity index (χ0n) is 10.7. The molecule has 1 heterocycles. The van der Waals surface area contributed by atoms with Gasteiger partial charge in [-0.2, -0.15) is 0 Å². The Hall–Kier alpha value is -2.08. The summed E-state index contributed by atoms with van der Waals surface area (Å²) >= 11 is 1.63. The van der Waals surface area contributed by atoms with Crippen molar-refractivity contribution < 1.29 is 4.92 Å². The van der Waals surface area contributed by atoms with E-state index in [0.717, 1.165) is 4.88 Å².